The highest BCUT2D eigenvalue weighted by Crippen LogP contribution is 2.58. The van der Waals surface area contributed by atoms with E-state index >= 15 is 0 Å². The summed E-state index contributed by atoms with van der Waals surface area (Å²) in [5.41, 5.74) is 6.56. The van der Waals surface area contributed by atoms with Crippen molar-refractivity contribution in [3.8, 4) is 16.8 Å². The number of hydrogen-bond acceptors (Lipinski definition) is 8. The summed E-state index contributed by atoms with van der Waals surface area (Å²) in [5.74, 6) is 2.75. The molecule has 5 aliphatic rings. The summed E-state index contributed by atoms with van der Waals surface area (Å²) in [6, 6.07) is 10.2. The summed E-state index contributed by atoms with van der Waals surface area (Å²) in [6.45, 7) is 2.98. The van der Waals surface area contributed by atoms with Crippen LogP contribution in [0.3, 0.4) is 0 Å². The summed E-state index contributed by atoms with van der Waals surface area (Å²) < 4.78 is 5.11. The van der Waals surface area contributed by atoms with Crippen molar-refractivity contribution in [2.24, 2.45) is 23.2 Å². The summed E-state index contributed by atoms with van der Waals surface area (Å²) >= 11 is 1.61. The molecule has 5 heterocycles. The molecule has 11 rings (SSSR count). The highest BCUT2D eigenvalue weighted by molar-refractivity contribution is 7.22. The van der Waals surface area contributed by atoms with Gasteiger partial charge in [0.1, 0.15) is 17.7 Å². The predicted octanol–water partition coefficient (Wildman–Crippen LogP) is 8.52. The zero-order valence-electron chi connectivity index (χ0n) is 27.5. The molecule has 11 heteroatoms. The number of carboxylic acid groups (broad SMARTS) is 1. The number of pyridine rings is 2. The van der Waals surface area contributed by atoms with Gasteiger partial charge in [-0.2, -0.15) is 5.10 Å². The highest BCUT2D eigenvalue weighted by atomic mass is 32.1. The second-order valence-corrected chi connectivity index (χ2v) is 16.2. The van der Waals surface area contributed by atoms with Crippen LogP contribution in [0.15, 0.2) is 55.2 Å². The number of anilines is 2. The largest absolute Gasteiger partial charge is 0.478 e. The first-order chi connectivity index (χ1) is 23.9. The molecule has 2 N–H and O–H groups in total. The van der Waals surface area contributed by atoms with Crippen molar-refractivity contribution in [2.45, 2.75) is 77.2 Å². The minimum atomic E-state index is -1.02. The van der Waals surface area contributed by atoms with Gasteiger partial charge in [0, 0.05) is 35.1 Å². The maximum atomic E-state index is 12.9. The second kappa shape index (κ2) is 10.9. The quantitative estimate of drug-likeness (QED) is 0.165. The minimum Gasteiger partial charge on any atom is -0.478 e. The first-order valence-electron chi connectivity index (χ1n) is 17.6. The molecule has 248 valence electrons. The van der Waals surface area contributed by atoms with Crippen molar-refractivity contribution >= 4 is 49.6 Å². The van der Waals surface area contributed by atoms with Crippen LogP contribution >= 0.6 is 11.3 Å². The molecule has 5 aromatic heterocycles. The van der Waals surface area contributed by atoms with Crippen LogP contribution < -0.4 is 5.32 Å². The van der Waals surface area contributed by atoms with Gasteiger partial charge < -0.3 is 10.4 Å². The molecule has 0 spiro atoms. The van der Waals surface area contributed by atoms with Crippen LogP contribution in [0.1, 0.15) is 85.3 Å². The van der Waals surface area contributed by atoms with Gasteiger partial charge in [-0.1, -0.05) is 36.3 Å². The summed E-state index contributed by atoms with van der Waals surface area (Å²) in [5, 5.41) is 19.7. The van der Waals surface area contributed by atoms with Gasteiger partial charge in [-0.25, -0.2) is 24.7 Å². The van der Waals surface area contributed by atoms with E-state index in [-0.39, 0.29) is 5.56 Å². The second-order valence-electron chi connectivity index (χ2n) is 15.2. The first kappa shape index (κ1) is 29.3. The van der Waals surface area contributed by atoms with Gasteiger partial charge in [-0.05, 0) is 99.2 Å². The highest BCUT2D eigenvalue weighted by Gasteiger charge is 2.48. The molecule has 0 amide bonds. The Kier molecular flexibility index (Phi) is 6.54. The number of aromatic nitrogens is 7. The van der Waals surface area contributed by atoms with Gasteiger partial charge in [0.05, 0.1) is 33.9 Å². The Morgan fingerprint density at radius 1 is 0.980 bits per heavy atom. The Morgan fingerprint density at radius 2 is 1.78 bits per heavy atom. The Hall–Kier alpha value is -4.64. The number of para-hydroxylation sites is 1. The fraction of sp³-hybridized carbons (Fsp3) is 0.421. The molecule has 5 saturated carbocycles. The number of imidazole rings is 1. The van der Waals surface area contributed by atoms with E-state index in [1.807, 2.05) is 29.0 Å². The maximum absolute atomic E-state index is 12.9. The van der Waals surface area contributed by atoms with E-state index in [9.17, 15) is 9.90 Å². The molecule has 5 aliphatic carbocycles. The third-order valence-electron chi connectivity index (χ3n) is 11.9. The molecule has 5 fully saturated rings. The number of nitrogens with zero attached hydrogens (tertiary/aromatic N) is 7. The SMILES string of the molecule is Cc1c(-c2cnc3c(ncn3-c3cnc(Nc4nc5ccccc5s4)c(C4CC4)c3)c2C(=O)O)cnn1CC12CC3CCC(CC(C3)C1)C2. The zero-order valence-corrected chi connectivity index (χ0v) is 28.3. The van der Waals surface area contributed by atoms with Crippen molar-refractivity contribution in [1.82, 2.24) is 34.3 Å². The Bertz CT molecular complexity index is 2230. The van der Waals surface area contributed by atoms with Gasteiger partial charge in [0.25, 0.3) is 0 Å². The molecule has 2 unspecified atom stereocenters. The van der Waals surface area contributed by atoms with Crippen LogP contribution in [0.2, 0.25) is 0 Å². The number of benzene rings is 1. The van der Waals surface area contributed by atoms with Crippen molar-refractivity contribution in [1.29, 1.82) is 0 Å². The van der Waals surface area contributed by atoms with Crippen LogP contribution in [0, 0.1) is 30.1 Å². The molecular formula is C38H38N8O2S. The summed E-state index contributed by atoms with van der Waals surface area (Å²) in [7, 11) is 0. The normalized spacial score (nSPS) is 24.6. The fourth-order valence-electron chi connectivity index (χ4n) is 9.76. The van der Waals surface area contributed by atoms with Gasteiger partial charge in [0.15, 0.2) is 10.8 Å². The fourth-order valence-corrected chi connectivity index (χ4v) is 10.6. The van der Waals surface area contributed by atoms with Gasteiger partial charge in [-0.3, -0.25) is 9.25 Å². The maximum Gasteiger partial charge on any atom is 0.338 e. The lowest BCUT2D eigenvalue weighted by Gasteiger charge is -2.48. The standard InChI is InChI=1S/C38H38N8O2S/c1-21-28(18-42-46(21)19-38-13-22-6-7-23(14-38)11-24(10-22)15-38)29-17-40-35-33(32(29)36(47)48)41-20-45(35)26-12-27(25-8-9-25)34(39-16-26)44-37-43-30-4-2-3-5-31(30)49-37/h2-5,12,16-18,20,22-25H,6-11,13-15,19H2,1H3,(H,47,48)(H,39,43,44). The number of carbonyl (C=O) groups is 1. The average Bonchev–Trinajstić information content (AvgIpc) is 3.65. The lowest BCUT2D eigenvalue weighted by atomic mass is 9.58. The molecule has 10 nitrogen and oxygen atoms in total. The van der Waals surface area contributed by atoms with Crippen molar-refractivity contribution in [3.63, 3.8) is 0 Å². The van der Waals surface area contributed by atoms with Crippen LogP contribution in [-0.4, -0.2) is 45.4 Å². The predicted molar refractivity (Wildman–Crippen MR) is 190 cm³/mol. The Morgan fingerprint density at radius 3 is 2.55 bits per heavy atom. The number of hydrogen-bond donors (Lipinski definition) is 2. The Balaban J connectivity index is 0.984. The van der Waals surface area contributed by atoms with Crippen molar-refractivity contribution in [3.05, 3.63) is 72.1 Å². The minimum absolute atomic E-state index is 0.155. The molecule has 0 aliphatic heterocycles. The van der Waals surface area contributed by atoms with Gasteiger partial charge >= 0.3 is 5.97 Å². The lowest BCUT2D eigenvalue weighted by Crippen LogP contribution is -2.40. The monoisotopic (exact) mass is 670 g/mol. The van der Waals surface area contributed by atoms with E-state index in [4.69, 9.17) is 20.1 Å². The average molecular weight is 671 g/mol. The van der Waals surface area contributed by atoms with Gasteiger partial charge in [0.2, 0.25) is 0 Å². The van der Waals surface area contributed by atoms with Crippen LogP contribution in [0.5, 0.6) is 0 Å². The smallest absolute Gasteiger partial charge is 0.338 e. The van der Waals surface area contributed by atoms with Crippen molar-refractivity contribution in [2.75, 3.05) is 5.32 Å². The van der Waals surface area contributed by atoms with Gasteiger partial charge in [-0.15, -0.1) is 0 Å². The number of rotatable bonds is 8. The molecule has 6 aromatic rings. The number of aromatic carboxylic acids is 1. The molecule has 4 bridgehead atoms. The third kappa shape index (κ3) is 4.95. The molecule has 0 radical (unpaired) electrons. The van der Waals surface area contributed by atoms with E-state index < -0.39 is 5.97 Å². The van der Waals surface area contributed by atoms with Crippen LogP contribution in [0.4, 0.5) is 10.9 Å². The summed E-state index contributed by atoms with van der Waals surface area (Å²) in [4.78, 5) is 32.0. The number of nitrogens with one attached hydrogen (secondary N) is 1. The van der Waals surface area contributed by atoms with Crippen molar-refractivity contribution < 1.29 is 9.90 Å². The van der Waals surface area contributed by atoms with Crippen LogP contribution in [-0.2, 0) is 6.54 Å². The molecule has 1 aromatic carbocycles. The number of thiazole rings is 1. The first-order valence-corrected chi connectivity index (χ1v) is 18.5. The molecular weight excluding hydrogens is 633 g/mol. The van der Waals surface area contributed by atoms with E-state index in [1.54, 1.807) is 30.1 Å². The molecule has 0 saturated heterocycles. The third-order valence-corrected chi connectivity index (χ3v) is 12.8. The number of fused-ring (bicyclic) bond motifs is 3. The molecule has 2 atom stereocenters. The zero-order chi connectivity index (χ0) is 32.9. The number of carboxylic acids is 1. The topological polar surface area (TPSA) is 124 Å². The van der Waals surface area contributed by atoms with E-state index in [0.717, 1.165) is 80.8 Å². The van der Waals surface area contributed by atoms with E-state index in [2.05, 4.69) is 34.0 Å². The Labute approximate surface area is 287 Å². The summed E-state index contributed by atoms with van der Waals surface area (Å²) in [6.07, 6.45) is 18.7. The molecule has 49 heavy (non-hydrogen) atoms. The van der Waals surface area contributed by atoms with E-state index in [0.29, 0.717) is 28.1 Å². The lowest BCUT2D eigenvalue weighted by molar-refractivity contribution is 0.0169. The van der Waals surface area contributed by atoms with E-state index in [1.165, 1.54) is 44.9 Å². The van der Waals surface area contributed by atoms with Crippen LogP contribution in [0.25, 0.3) is 38.2 Å².